The number of amides is 1. The van der Waals surface area contributed by atoms with Crippen molar-refractivity contribution in [2.45, 2.75) is 13.0 Å². The number of para-hydroxylation sites is 1. The summed E-state index contributed by atoms with van der Waals surface area (Å²) in [6, 6.07) is 21.0. The average Bonchev–Trinajstić information content (AvgIpc) is 3.10. The van der Waals surface area contributed by atoms with Crippen LogP contribution in [0.3, 0.4) is 0 Å². The maximum absolute atomic E-state index is 12.1. The number of carbonyl (C=O) groups is 2. The molecule has 25 heavy (non-hydrogen) atoms. The van der Waals surface area contributed by atoms with Gasteiger partial charge in [-0.15, -0.1) is 0 Å². The molecule has 2 N–H and O–H groups in total. The molecule has 0 fully saturated rings. The van der Waals surface area contributed by atoms with Crippen LogP contribution in [0.15, 0.2) is 72.9 Å². The van der Waals surface area contributed by atoms with E-state index in [1.54, 1.807) is 22.9 Å². The Morgan fingerprint density at radius 2 is 1.56 bits per heavy atom. The van der Waals surface area contributed by atoms with Crippen LogP contribution in [0.25, 0.3) is 0 Å². The third-order valence-electron chi connectivity index (χ3n) is 3.80. The SMILES string of the molecule is O=Cc1cccn1CCC(=O)Nc1ccc(Nc2ccccc2)cc1. The molecule has 3 rings (SSSR count). The lowest BCUT2D eigenvalue weighted by Gasteiger charge is -2.09. The van der Waals surface area contributed by atoms with Gasteiger partial charge in [0.05, 0.1) is 5.69 Å². The Balaban J connectivity index is 1.52. The van der Waals surface area contributed by atoms with Crippen molar-refractivity contribution in [3.05, 3.63) is 78.6 Å². The number of hydrogen-bond donors (Lipinski definition) is 2. The molecule has 5 heteroatoms. The predicted molar refractivity (Wildman–Crippen MR) is 99.2 cm³/mol. The first-order valence-electron chi connectivity index (χ1n) is 8.07. The Hall–Kier alpha value is -3.34. The van der Waals surface area contributed by atoms with E-state index in [9.17, 15) is 9.59 Å². The minimum Gasteiger partial charge on any atom is -0.356 e. The third kappa shape index (κ3) is 4.57. The van der Waals surface area contributed by atoms with Crippen molar-refractivity contribution in [1.82, 2.24) is 4.57 Å². The molecule has 1 amide bonds. The molecule has 0 bridgehead atoms. The van der Waals surface area contributed by atoms with Crippen LogP contribution in [0.2, 0.25) is 0 Å². The minimum absolute atomic E-state index is 0.0886. The van der Waals surface area contributed by atoms with E-state index >= 15 is 0 Å². The normalized spacial score (nSPS) is 10.2. The van der Waals surface area contributed by atoms with Crippen molar-refractivity contribution in [1.29, 1.82) is 0 Å². The van der Waals surface area contributed by atoms with E-state index in [0.717, 1.165) is 23.3 Å². The third-order valence-corrected chi connectivity index (χ3v) is 3.80. The molecule has 5 nitrogen and oxygen atoms in total. The molecule has 0 aliphatic heterocycles. The fraction of sp³-hybridized carbons (Fsp3) is 0.100. The van der Waals surface area contributed by atoms with Gasteiger partial charge < -0.3 is 15.2 Å². The van der Waals surface area contributed by atoms with E-state index < -0.39 is 0 Å². The van der Waals surface area contributed by atoms with Crippen LogP contribution >= 0.6 is 0 Å². The zero-order valence-corrected chi connectivity index (χ0v) is 13.7. The molecule has 0 aliphatic carbocycles. The van der Waals surface area contributed by atoms with Crippen molar-refractivity contribution < 1.29 is 9.59 Å². The molecule has 0 saturated carbocycles. The highest BCUT2D eigenvalue weighted by molar-refractivity contribution is 5.91. The molecule has 0 unspecified atom stereocenters. The molecule has 126 valence electrons. The standard InChI is InChI=1S/C20H19N3O2/c24-15-19-7-4-13-23(19)14-12-20(25)22-18-10-8-17(9-11-18)21-16-5-2-1-3-6-16/h1-11,13,15,21H,12,14H2,(H,22,25). The van der Waals surface area contributed by atoms with Crippen LogP contribution < -0.4 is 10.6 Å². The molecular formula is C20H19N3O2. The first-order valence-corrected chi connectivity index (χ1v) is 8.07. The first kappa shape index (κ1) is 16.5. The number of rotatable bonds is 7. The molecule has 3 aromatic rings. The Bertz CT molecular complexity index is 839. The van der Waals surface area contributed by atoms with Gasteiger partial charge in [-0.05, 0) is 48.5 Å². The number of hydrogen-bond acceptors (Lipinski definition) is 3. The van der Waals surface area contributed by atoms with Crippen LogP contribution in [0, 0.1) is 0 Å². The Morgan fingerprint density at radius 1 is 0.880 bits per heavy atom. The highest BCUT2D eigenvalue weighted by atomic mass is 16.1. The molecule has 0 saturated heterocycles. The van der Waals surface area contributed by atoms with E-state index in [1.165, 1.54) is 0 Å². The van der Waals surface area contributed by atoms with Crippen molar-refractivity contribution >= 4 is 29.3 Å². The molecule has 0 radical (unpaired) electrons. The van der Waals surface area contributed by atoms with Gasteiger partial charge in [0.1, 0.15) is 0 Å². The maximum Gasteiger partial charge on any atom is 0.226 e. The van der Waals surface area contributed by atoms with Gasteiger partial charge in [0, 0.05) is 36.2 Å². The Morgan fingerprint density at radius 3 is 2.28 bits per heavy atom. The molecule has 0 spiro atoms. The second-order valence-corrected chi connectivity index (χ2v) is 5.61. The summed E-state index contributed by atoms with van der Waals surface area (Å²) in [5.41, 5.74) is 3.28. The summed E-state index contributed by atoms with van der Waals surface area (Å²) in [5.74, 6) is -0.0886. The van der Waals surface area contributed by atoms with Gasteiger partial charge in [-0.2, -0.15) is 0 Å². The molecule has 0 atom stereocenters. The first-order chi connectivity index (χ1) is 12.2. The van der Waals surface area contributed by atoms with Crippen molar-refractivity contribution in [3.63, 3.8) is 0 Å². The lowest BCUT2D eigenvalue weighted by molar-refractivity contribution is -0.116. The lowest BCUT2D eigenvalue weighted by atomic mass is 10.2. The summed E-state index contributed by atoms with van der Waals surface area (Å²) in [5, 5.41) is 6.16. The number of aryl methyl sites for hydroxylation is 1. The smallest absolute Gasteiger partial charge is 0.226 e. The molecule has 1 aromatic heterocycles. The monoisotopic (exact) mass is 333 g/mol. The van der Waals surface area contributed by atoms with Gasteiger partial charge in [0.15, 0.2) is 6.29 Å². The number of anilines is 3. The van der Waals surface area contributed by atoms with Crippen molar-refractivity contribution in [2.75, 3.05) is 10.6 Å². The van der Waals surface area contributed by atoms with Crippen molar-refractivity contribution in [2.24, 2.45) is 0 Å². The van der Waals surface area contributed by atoms with E-state index in [1.807, 2.05) is 54.6 Å². The molecular weight excluding hydrogens is 314 g/mol. The number of aromatic nitrogens is 1. The quantitative estimate of drug-likeness (QED) is 0.641. The van der Waals surface area contributed by atoms with Crippen LogP contribution in [0.1, 0.15) is 16.9 Å². The summed E-state index contributed by atoms with van der Waals surface area (Å²) in [6.45, 7) is 0.473. The summed E-state index contributed by atoms with van der Waals surface area (Å²) in [6.07, 6.45) is 2.89. The van der Waals surface area contributed by atoms with Crippen LogP contribution in [0.4, 0.5) is 17.1 Å². The minimum atomic E-state index is -0.0886. The molecule has 2 aromatic carbocycles. The fourth-order valence-electron chi connectivity index (χ4n) is 2.51. The van der Waals surface area contributed by atoms with Crippen LogP contribution in [0.5, 0.6) is 0 Å². The summed E-state index contributed by atoms with van der Waals surface area (Å²) < 4.78 is 1.76. The lowest BCUT2D eigenvalue weighted by Crippen LogP contribution is -2.15. The van der Waals surface area contributed by atoms with Gasteiger partial charge in [-0.1, -0.05) is 18.2 Å². The predicted octanol–water partition coefficient (Wildman–Crippen LogP) is 4.07. The molecule has 0 aliphatic rings. The number of carbonyl (C=O) groups excluding carboxylic acids is 2. The number of benzene rings is 2. The van der Waals surface area contributed by atoms with Crippen LogP contribution in [-0.2, 0) is 11.3 Å². The average molecular weight is 333 g/mol. The topological polar surface area (TPSA) is 63.1 Å². The second-order valence-electron chi connectivity index (χ2n) is 5.61. The van der Waals surface area contributed by atoms with Crippen LogP contribution in [-0.4, -0.2) is 16.8 Å². The summed E-state index contributed by atoms with van der Waals surface area (Å²) in [7, 11) is 0. The summed E-state index contributed by atoms with van der Waals surface area (Å²) >= 11 is 0. The molecule has 1 heterocycles. The Labute approximate surface area is 146 Å². The highest BCUT2D eigenvalue weighted by Crippen LogP contribution is 2.18. The van der Waals surface area contributed by atoms with E-state index in [4.69, 9.17) is 0 Å². The second kappa shape index (κ2) is 7.97. The maximum atomic E-state index is 12.1. The van der Waals surface area contributed by atoms with Gasteiger partial charge in [-0.25, -0.2) is 0 Å². The largest absolute Gasteiger partial charge is 0.356 e. The van der Waals surface area contributed by atoms with E-state index in [0.29, 0.717) is 18.7 Å². The zero-order valence-electron chi connectivity index (χ0n) is 13.7. The number of aldehydes is 1. The summed E-state index contributed by atoms with van der Waals surface area (Å²) in [4.78, 5) is 22.9. The van der Waals surface area contributed by atoms with Gasteiger partial charge in [0.25, 0.3) is 0 Å². The van der Waals surface area contributed by atoms with Gasteiger partial charge in [0.2, 0.25) is 5.91 Å². The van der Waals surface area contributed by atoms with Gasteiger partial charge >= 0.3 is 0 Å². The fourth-order valence-corrected chi connectivity index (χ4v) is 2.51. The number of nitrogens with zero attached hydrogens (tertiary/aromatic N) is 1. The van der Waals surface area contributed by atoms with Gasteiger partial charge in [-0.3, -0.25) is 9.59 Å². The van der Waals surface area contributed by atoms with E-state index in [2.05, 4.69) is 10.6 Å². The highest BCUT2D eigenvalue weighted by Gasteiger charge is 2.05. The Kier molecular flexibility index (Phi) is 5.26. The number of nitrogens with one attached hydrogen (secondary N) is 2. The van der Waals surface area contributed by atoms with E-state index in [-0.39, 0.29) is 5.91 Å². The zero-order chi connectivity index (χ0) is 17.5. The van der Waals surface area contributed by atoms with Crippen molar-refractivity contribution in [3.8, 4) is 0 Å².